The third kappa shape index (κ3) is 5.13. The molecular formula is C23H34O4. The molecule has 4 nitrogen and oxygen atoms in total. The molecule has 150 valence electrons. The summed E-state index contributed by atoms with van der Waals surface area (Å²) in [6.45, 7) is 5.16. The Morgan fingerprint density at radius 2 is 1.93 bits per heavy atom. The summed E-state index contributed by atoms with van der Waals surface area (Å²) in [5, 5.41) is 21.0. The predicted octanol–water partition coefficient (Wildman–Crippen LogP) is 4.59. The van der Waals surface area contributed by atoms with Crippen LogP contribution in [0.3, 0.4) is 0 Å². The Morgan fingerprint density at radius 3 is 2.63 bits per heavy atom. The molecule has 27 heavy (non-hydrogen) atoms. The number of benzene rings is 1. The van der Waals surface area contributed by atoms with Crippen molar-refractivity contribution in [3.05, 3.63) is 47.7 Å². The van der Waals surface area contributed by atoms with Crippen molar-refractivity contribution in [2.75, 3.05) is 13.2 Å². The summed E-state index contributed by atoms with van der Waals surface area (Å²) in [5.41, 5.74) is 1.18. The molecule has 0 saturated carbocycles. The zero-order valence-corrected chi connectivity index (χ0v) is 16.6. The number of aliphatic hydroxyl groups is 2. The highest BCUT2D eigenvalue weighted by Gasteiger charge is 2.48. The van der Waals surface area contributed by atoms with Crippen LogP contribution in [-0.2, 0) is 9.47 Å². The Bertz CT molecular complexity index is 600. The van der Waals surface area contributed by atoms with Gasteiger partial charge in [0, 0.05) is 18.9 Å². The van der Waals surface area contributed by atoms with E-state index in [0.717, 1.165) is 25.7 Å². The van der Waals surface area contributed by atoms with Crippen LogP contribution in [0.4, 0.5) is 0 Å². The lowest BCUT2D eigenvalue weighted by Crippen LogP contribution is -2.29. The number of rotatable bonds is 10. The van der Waals surface area contributed by atoms with E-state index in [-0.39, 0.29) is 18.1 Å². The Hall–Kier alpha value is -1.36. The van der Waals surface area contributed by atoms with Crippen molar-refractivity contribution in [1.82, 2.24) is 0 Å². The second-order valence-electron chi connectivity index (χ2n) is 8.02. The highest BCUT2D eigenvalue weighted by atomic mass is 16.5. The summed E-state index contributed by atoms with van der Waals surface area (Å²) in [4.78, 5) is 0. The first-order valence-electron chi connectivity index (χ1n) is 10.4. The minimum atomic E-state index is -0.353. The molecular weight excluding hydrogens is 340 g/mol. The first-order valence-corrected chi connectivity index (χ1v) is 10.4. The second-order valence-corrected chi connectivity index (χ2v) is 8.02. The van der Waals surface area contributed by atoms with Crippen LogP contribution in [0.2, 0.25) is 0 Å². The largest absolute Gasteiger partial charge is 0.513 e. The van der Waals surface area contributed by atoms with Gasteiger partial charge in [-0.25, -0.2) is 0 Å². The molecule has 2 heterocycles. The van der Waals surface area contributed by atoms with Crippen LogP contribution in [0, 0.1) is 11.8 Å². The van der Waals surface area contributed by atoms with Gasteiger partial charge in [0.05, 0.1) is 30.7 Å². The molecule has 0 radical (unpaired) electrons. The molecule has 2 aliphatic heterocycles. The smallest absolute Gasteiger partial charge is 0.0909 e. The Kier molecular flexibility index (Phi) is 7.33. The van der Waals surface area contributed by atoms with E-state index in [1.807, 2.05) is 25.1 Å². The number of fused-ring (bicyclic) bond motifs is 2. The molecule has 0 aromatic heterocycles. The first-order chi connectivity index (χ1) is 13.1. The highest BCUT2D eigenvalue weighted by molar-refractivity contribution is 5.19. The van der Waals surface area contributed by atoms with Gasteiger partial charge in [0.2, 0.25) is 0 Å². The van der Waals surface area contributed by atoms with Crippen LogP contribution in [0.5, 0.6) is 0 Å². The lowest BCUT2D eigenvalue weighted by atomic mass is 9.74. The molecule has 2 unspecified atom stereocenters. The van der Waals surface area contributed by atoms with Gasteiger partial charge in [-0.05, 0) is 56.1 Å². The minimum absolute atomic E-state index is 0.128. The fraction of sp³-hybridized carbons (Fsp3) is 0.652. The van der Waals surface area contributed by atoms with E-state index in [2.05, 4.69) is 19.1 Å². The molecule has 3 rings (SSSR count). The van der Waals surface area contributed by atoms with E-state index >= 15 is 0 Å². The third-order valence-corrected chi connectivity index (χ3v) is 6.37. The van der Waals surface area contributed by atoms with Gasteiger partial charge in [0.25, 0.3) is 0 Å². The zero-order valence-electron chi connectivity index (χ0n) is 16.6. The summed E-state index contributed by atoms with van der Waals surface area (Å²) >= 11 is 0. The van der Waals surface area contributed by atoms with Crippen molar-refractivity contribution < 1.29 is 19.7 Å². The molecule has 1 aromatic rings. The van der Waals surface area contributed by atoms with Crippen LogP contribution in [-0.4, -0.2) is 41.7 Å². The van der Waals surface area contributed by atoms with Crippen molar-refractivity contribution in [3.8, 4) is 0 Å². The van der Waals surface area contributed by atoms with Gasteiger partial charge in [-0.3, -0.25) is 0 Å². The van der Waals surface area contributed by atoms with E-state index in [9.17, 15) is 10.2 Å². The SMILES string of the molecule is CCOC/C=C(/O)C[C@H]1[C@@H](CCC(O)C(C)c2ccccc2)[C@H]2CC[C@@H]1O2. The predicted molar refractivity (Wildman–Crippen MR) is 107 cm³/mol. The number of hydrogen-bond acceptors (Lipinski definition) is 4. The lowest BCUT2D eigenvalue weighted by Gasteiger charge is -2.29. The fourth-order valence-corrected chi connectivity index (χ4v) is 4.74. The molecule has 0 spiro atoms. The molecule has 1 aromatic carbocycles. The molecule has 2 N–H and O–H groups in total. The van der Waals surface area contributed by atoms with Gasteiger partial charge >= 0.3 is 0 Å². The average molecular weight is 375 g/mol. The van der Waals surface area contributed by atoms with Gasteiger partial charge in [-0.15, -0.1) is 0 Å². The van der Waals surface area contributed by atoms with Gasteiger partial charge in [-0.2, -0.15) is 0 Å². The van der Waals surface area contributed by atoms with E-state index in [1.165, 1.54) is 5.56 Å². The van der Waals surface area contributed by atoms with Crippen molar-refractivity contribution in [2.24, 2.45) is 11.8 Å². The molecule has 2 saturated heterocycles. The molecule has 0 aliphatic carbocycles. The normalized spacial score (nSPS) is 29.8. The maximum absolute atomic E-state index is 10.7. The minimum Gasteiger partial charge on any atom is -0.513 e. The maximum Gasteiger partial charge on any atom is 0.0909 e. The van der Waals surface area contributed by atoms with E-state index in [4.69, 9.17) is 9.47 Å². The summed E-state index contributed by atoms with van der Waals surface area (Å²) in [5.74, 6) is 1.31. The summed E-state index contributed by atoms with van der Waals surface area (Å²) < 4.78 is 11.5. The fourth-order valence-electron chi connectivity index (χ4n) is 4.74. The summed E-state index contributed by atoms with van der Waals surface area (Å²) in [7, 11) is 0. The Labute approximate surface area is 163 Å². The highest BCUT2D eigenvalue weighted by Crippen LogP contribution is 2.48. The number of aliphatic hydroxyl groups excluding tert-OH is 2. The van der Waals surface area contributed by atoms with Crippen molar-refractivity contribution in [1.29, 1.82) is 0 Å². The van der Waals surface area contributed by atoms with Gasteiger partial charge in [0.1, 0.15) is 0 Å². The van der Waals surface area contributed by atoms with E-state index in [1.54, 1.807) is 6.08 Å². The summed E-state index contributed by atoms with van der Waals surface area (Å²) in [6.07, 6.45) is 6.55. The first kappa shape index (κ1) is 20.4. The molecule has 2 bridgehead atoms. The topological polar surface area (TPSA) is 58.9 Å². The van der Waals surface area contributed by atoms with Crippen molar-refractivity contribution in [2.45, 2.75) is 70.2 Å². The van der Waals surface area contributed by atoms with Crippen LogP contribution >= 0.6 is 0 Å². The Balaban J connectivity index is 1.55. The van der Waals surface area contributed by atoms with Crippen LogP contribution < -0.4 is 0 Å². The number of allylic oxidation sites excluding steroid dienone is 1. The number of ether oxygens (including phenoxy) is 2. The lowest BCUT2D eigenvalue weighted by molar-refractivity contribution is 0.0816. The third-order valence-electron chi connectivity index (χ3n) is 6.37. The molecule has 0 amide bonds. The van der Waals surface area contributed by atoms with Crippen LogP contribution in [0.25, 0.3) is 0 Å². The second kappa shape index (κ2) is 9.72. The standard InChI is InChI=1S/C23H34O4/c1-3-26-14-13-18(24)15-20-19(22-11-12-23(20)27-22)9-10-21(25)16(2)17-7-5-4-6-8-17/h4-8,13,16,19-25H,3,9-12,14-15H2,1-2H3/b18-13+/t16?,19-,20+,21?,22-,23+/m1/s1. The summed E-state index contributed by atoms with van der Waals surface area (Å²) in [6, 6.07) is 10.2. The zero-order chi connectivity index (χ0) is 19.2. The van der Waals surface area contributed by atoms with Gasteiger partial charge in [0.15, 0.2) is 0 Å². The molecule has 6 atom stereocenters. The van der Waals surface area contributed by atoms with E-state index < -0.39 is 0 Å². The Morgan fingerprint density at radius 1 is 1.22 bits per heavy atom. The van der Waals surface area contributed by atoms with Gasteiger partial charge in [-0.1, -0.05) is 37.3 Å². The number of hydrogen-bond donors (Lipinski definition) is 2. The van der Waals surface area contributed by atoms with Crippen molar-refractivity contribution in [3.63, 3.8) is 0 Å². The monoisotopic (exact) mass is 374 g/mol. The quantitative estimate of drug-likeness (QED) is 0.464. The maximum atomic E-state index is 10.7. The van der Waals surface area contributed by atoms with Crippen LogP contribution in [0.15, 0.2) is 42.2 Å². The molecule has 2 aliphatic rings. The van der Waals surface area contributed by atoms with E-state index in [0.29, 0.717) is 43.3 Å². The molecule has 4 heteroatoms. The van der Waals surface area contributed by atoms with Crippen LogP contribution in [0.1, 0.15) is 57.4 Å². The molecule has 2 fully saturated rings. The van der Waals surface area contributed by atoms with Gasteiger partial charge < -0.3 is 19.7 Å². The van der Waals surface area contributed by atoms with Crippen molar-refractivity contribution >= 4 is 0 Å². The average Bonchev–Trinajstić information content (AvgIpc) is 3.28.